The lowest BCUT2D eigenvalue weighted by atomic mass is 9.91. The average molecular weight is 322 g/mol. The first-order chi connectivity index (χ1) is 7.10. The van der Waals surface area contributed by atoms with Crippen LogP contribution in [-0.2, 0) is 0 Å². The second kappa shape index (κ2) is 5.80. The van der Waals surface area contributed by atoms with E-state index in [1.165, 1.54) is 6.07 Å². The molecule has 0 fully saturated rings. The maximum atomic E-state index is 13.5. The summed E-state index contributed by atoms with van der Waals surface area (Å²) in [6.07, 6.45) is 1.04. The molecule has 0 aliphatic carbocycles. The van der Waals surface area contributed by atoms with Gasteiger partial charge < -0.3 is 5.11 Å². The summed E-state index contributed by atoms with van der Waals surface area (Å²) in [5.74, 6) is -0.174. The summed E-state index contributed by atoms with van der Waals surface area (Å²) in [7, 11) is 0. The molecule has 0 aliphatic rings. The number of halogens is 2. The summed E-state index contributed by atoms with van der Waals surface area (Å²) in [6, 6.07) is 4.85. The third-order valence-corrected chi connectivity index (χ3v) is 3.44. The van der Waals surface area contributed by atoms with Crippen molar-refractivity contribution in [2.45, 2.75) is 32.8 Å². The van der Waals surface area contributed by atoms with Gasteiger partial charge in [0.15, 0.2) is 0 Å². The van der Waals surface area contributed by atoms with Crippen LogP contribution in [0.2, 0.25) is 0 Å². The van der Waals surface area contributed by atoms with Gasteiger partial charge in [-0.05, 0) is 46.7 Å². The normalized spacial score (nSPS) is 13.2. The summed E-state index contributed by atoms with van der Waals surface area (Å²) in [5.41, 5.74) is 0.426. The highest BCUT2D eigenvalue weighted by atomic mass is 127. The number of aliphatic hydroxyl groups excluding tert-OH is 1. The number of aliphatic hydroxyl groups is 1. The van der Waals surface area contributed by atoms with Crippen molar-refractivity contribution in [3.63, 3.8) is 0 Å². The van der Waals surface area contributed by atoms with Gasteiger partial charge in [0.25, 0.3) is 0 Å². The summed E-state index contributed by atoms with van der Waals surface area (Å²) in [4.78, 5) is 0. The van der Waals surface area contributed by atoms with Gasteiger partial charge in [0.1, 0.15) is 5.82 Å². The lowest BCUT2D eigenvalue weighted by Gasteiger charge is -2.21. The zero-order valence-corrected chi connectivity index (χ0v) is 11.2. The number of hydrogen-bond acceptors (Lipinski definition) is 1. The lowest BCUT2D eigenvalue weighted by molar-refractivity contribution is 0.0995. The molecule has 1 N–H and O–H groups in total. The maximum absolute atomic E-state index is 13.5. The third kappa shape index (κ3) is 3.14. The molecule has 0 spiro atoms. The second-order valence-electron chi connectivity index (χ2n) is 3.69. The van der Waals surface area contributed by atoms with Gasteiger partial charge in [0.05, 0.1) is 6.10 Å². The van der Waals surface area contributed by atoms with Gasteiger partial charge in [-0.15, -0.1) is 0 Å². The van der Waals surface area contributed by atoms with Crippen molar-refractivity contribution in [3.05, 3.63) is 33.1 Å². The molecule has 1 rings (SSSR count). The Balaban J connectivity index is 2.98. The number of benzene rings is 1. The van der Waals surface area contributed by atoms with E-state index in [9.17, 15) is 9.50 Å². The van der Waals surface area contributed by atoms with Crippen LogP contribution in [0.5, 0.6) is 0 Å². The van der Waals surface area contributed by atoms with Crippen LogP contribution in [0.4, 0.5) is 4.39 Å². The summed E-state index contributed by atoms with van der Waals surface area (Å²) in [5, 5.41) is 10.0. The van der Waals surface area contributed by atoms with Gasteiger partial charge in [-0.25, -0.2) is 4.39 Å². The van der Waals surface area contributed by atoms with Crippen LogP contribution >= 0.6 is 22.6 Å². The third-order valence-electron chi connectivity index (χ3n) is 2.77. The molecule has 0 aliphatic heterocycles. The summed E-state index contributed by atoms with van der Waals surface area (Å²) >= 11 is 2.13. The van der Waals surface area contributed by atoms with E-state index in [4.69, 9.17) is 0 Å². The summed E-state index contributed by atoms with van der Waals surface area (Å²) in [6.45, 7) is 4.03. The zero-order chi connectivity index (χ0) is 11.4. The van der Waals surface area contributed by atoms with Crippen LogP contribution in [0.3, 0.4) is 0 Å². The smallest absolute Gasteiger partial charge is 0.129 e. The minimum absolute atomic E-state index is 0.137. The number of hydrogen-bond donors (Lipinski definition) is 1. The number of rotatable bonds is 4. The van der Waals surface area contributed by atoms with Crippen LogP contribution in [-0.4, -0.2) is 5.11 Å². The highest BCUT2D eigenvalue weighted by Crippen LogP contribution is 2.29. The van der Waals surface area contributed by atoms with E-state index in [-0.39, 0.29) is 11.7 Å². The molecule has 1 atom stereocenters. The van der Waals surface area contributed by atoms with E-state index < -0.39 is 6.10 Å². The Labute approximate surface area is 104 Å². The van der Waals surface area contributed by atoms with E-state index in [1.807, 2.05) is 13.8 Å². The van der Waals surface area contributed by atoms with Crippen molar-refractivity contribution in [3.8, 4) is 0 Å². The molecular weight excluding hydrogens is 306 g/mol. The fourth-order valence-electron chi connectivity index (χ4n) is 1.73. The van der Waals surface area contributed by atoms with Gasteiger partial charge in [0.2, 0.25) is 0 Å². The van der Waals surface area contributed by atoms with Crippen LogP contribution in [0.1, 0.15) is 38.4 Å². The predicted molar refractivity (Wildman–Crippen MR) is 68.1 cm³/mol. The lowest BCUT2D eigenvalue weighted by Crippen LogP contribution is -2.12. The highest BCUT2D eigenvalue weighted by Gasteiger charge is 2.20. The van der Waals surface area contributed by atoms with E-state index in [2.05, 4.69) is 22.6 Å². The Hall–Kier alpha value is -0.160. The van der Waals surface area contributed by atoms with Crippen molar-refractivity contribution in [1.82, 2.24) is 0 Å². The van der Waals surface area contributed by atoms with Gasteiger partial charge >= 0.3 is 0 Å². The maximum Gasteiger partial charge on any atom is 0.129 e. The molecule has 0 bridgehead atoms. The molecule has 1 unspecified atom stereocenters. The largest absolute Gasteiger partial charge is 0.388 e. The van der Waals surface area contributed by atoms with Crippen LogP contribution < -0.4 is 0 Å². The quantitative estimate of drug-likeness (QED) is 0.834. The van der Waals surface area contributed by atoms with Gasteiger partial charge in [0, 0.05) is 9.13 Å². The first-order valence-corrected chi connectivity index (χ1v) is 6.31. The first kappa shape index (κ1) is 12.9. The fourth-order valence-corrected chi connectivity index (χ4v) is 2.25. The van der Waals surface area contributed by atoms with Gasteiger partial charge in [-0.1, -0.05) is 26.7 Å². The van der Waals surface area contributed by atoms with Crippen molar-refractivity contribution >= 4 is 22.6 Å². The Morgan fingerprint density at radius 2 is 1.93 bits per heavy atom. The topological polar surface area (TPSA) is 20.2 Å². The molecule has 15 heavy (non-hydrogen) atoms. The molecule has 0 amide bonds. The first-order valence-electron chi connectivity index (χ1n) is 5.23. The van der Waals surface area contributed by atoms with E-state index in [0.29, 0.717) is 5.56 Å². The molecule has 0 aromatic heterocycles. The van der Waals surface area contributed by atoms with E-state index in [0.717, 1.165) is 16.4 Å². The SMILES string of the molecule is CCC(CC)C(O)c1cc(I)ccc1F. The van der Waals surface area contributed by atoms with Crippen molar-refractivity contribution in [2.24, 2.45) is 5.92 Å². The molecule has 0 saturated carbocycles. The Morgan fingerprint density at radius 1 is 1.33 bits per heavy atom. The molecule has 0 saturated heterocycles. The Morgan fingerprint density at radius 3 is 2.47 bits per heavy atom. The van der Waals surface area contributed by atoms with Crippen molar-refractivity contribution < 1.29 is 9.50 Å². The molecule has 0 radical (unpaired) electrons. The van der Waals surface area contributed by atoms with Crippen LogP contribution in [0.15, 0.2) is 18.2 Å². The minimum atomic E-state index is -0.685. The van der Waals surface area contributed by atoms with E-state index >= 15 is 0 Å². The van der Waals surface area contributed by atoms with E-state index in [1.54, 1.807) is 12.1 Å². The minimum Gasteiger partial charge on any atom is -0.388 e. The molecule has 3 heteroatoms. The molecule has 0 heterocycles. The van der Waals surface area contributed by atoms with Gasteiger partial charge in [-0.2, -0.15) is 0 Å². The zero-order valence-electron chi connectivity index (χ0n) is 9.00. The second-order valence-corrected chi connectivity index (χ2v) is 4.93. The molecular formula is C12H16FIO. The van der Waals surface area contributed by atoms with Crippen LogP contribution in [0.25, 0.3) is 0 Å². The van der Waals surface area contributed by atoms with Crippen molar-refractivity contribution in [2.75, 3.05) is 0 Å². The predicted octanol–water partition coefficient (Wildman–Crippen LogP) is 3.90. The molecule has 1 aromatic carbocycles. The Bertz CT molecular complexity index is 323. The highest BCUT2D eigenvalue weighted by molar-refractivity contribution is 14.1. The molecule has 1 nitrogen and oxygen atoms in total. The standard InChI is InChI=1S/C12H16FIO/c1-3-8(4-2)12(15)10-7-9(14)5-6-11(10)13/h5-8,12,15H,3-4H2,1-2H3. The van der Waals surface area contributed by atoms with Gasteiger partial charge in [-0.3, -0.25) is 0 Å². The van der Waals surface area contributed by atoms with Crippen molar-refractivity contribution in [1.29, 1.82) is 0 Å². The molecule has 1 aromatic rings. The van der Waals surface area contributed by atoms with Crippen LogP contribution in [0, 0.1) is 15.3 Å². The summed E-state index contributed by atoms with van der Waals surface area (Å²) < 4.78 is 14.4. The average Bonchev–Trinajstić information content (AvgIpc) is 2.23. The monoisotopic (exact) mass is 322 g/mol. The fraction of sp³-hybridized carbons (Fsp3) is 0.500. The Kier molecular flexibility index (Phi) is 4.99. The molecule has 84 valence electrons.